The number of imide groups is 1. The molecular weight excluding hydrogens is 212 g/mol. The van der Waals surface area contributed by atoms with Gasteiger partial charge in [0.15, 0.2) is 0 Å². The van der Waals surface area contributed by atoms with Crippen molar-refractivity contribution in [2.75, 3.05) is 19.7 Å². The topological polar surface area (TPSA) is 86.7 Å². The average molecular weight is 228 g/mol. The summed E-state index contributed by atoms with van der Waals surface area (Å²) in [6.07, 6.45) is 0.321. The molecule has 0 aliphatic carbocycles. The number of nitrogens with zero attached hydrogens (tertiary/aromatic N) is 1. The Bertz CT molecular complexity index is 303. The zero-order valence-corrected chi connectivity index (χ0v) is 9.23. The van der Waals surface area contributed by atoms with E-state index in [1.165, 1.54) is 0 Å². The van der Waals surface area contributed by atoms with Crippen LogP contribution in [0, 0.1) is 5.92 Å². The summed E-state index contributed by atoms with van der Waals surface area (Å²) in [6, 6.07) is 0. The Kier molecular flexibility index (Phi) is 4.42. The number of hydrogen-bond acceptors (Lipinski definition) is 4. The predicted octanol–water partition coefficient (Wildman–Crippen LogP) is -1.12. The molecule has 6 nitrogen and oxygen atoms in total. The summed E-state index contributed by atoms with van der Waals surface area (Å²) in [5.74, 6) is -0.963. The van der Waals surface area contributed by atoms with E-state index in [9.17, 15) is 14.4 Å². The third-order valence-electron chi connectivity index (χ3n) is 2.47. The van der Waals surface area contributed by atoms with Gasteiger partial charge in [0, 0.05) is 31.8 Å². The molecule has 1 unspecified atom stereocenters. The van der Waals surface area contributed by atoms with Gasteiger partial charge in [-0.3, -0.25) is 19.3 Å². The van der Waals surface area contributed by atoms with Crippen molar-refractivity contribution < 1.29 is 19.5 Å². The molecular formula is C10H16N2O4. The summed E-state index contributed by atoms with van der Waals surface area (Å²) in [4.78, 5) is 35.1. The fourth-order valence-electron chi connectivity index (χ4n) is 1.58. The number of rotatable bonds is 5. The van der Waals surface area contributed by atoms with Crippen molar-refractivity contribution in [1.82, 2.24) is 10.2 Å². The van der Waals surface area contributed by atoms with Crippen molar-refractivity contribution in [3.05, 3.63) is 0 Å². The SMILES string of the molecule is CC1CC(=O)N(CCC(=O)NCCO)C1=O. The molecule has 0 aromatic heterocycles. The molecule has 6 heteroatoms. The van der Waals surface area contributed by atoms with Crippen LogP contribution in [0.1, 0.15) is 19.8 Å². The minimum Gasteiger partial charge on any atom is -0.395 e. The van der Waals surface area contributed by atoms with Crippen LogP contribution < -0.4 is 5.32 Å². The molecule has 1 aliphatic rings. The smallest absolute Gasteiger partial charge is 0.232 e. The Morgan fingerprint density at radius 1 is 1.56 bits per heavy atom. The Morgan fingerprint density at radius 3 is 2.75 bits per heavy atom. The lowest BCUT2D eigenvalue weighted by Crippen LogP contribution is -2.35. The monoisotopic (exact) mass is 228 g/mol. The quantitative estimate of drug-likeness (QED) is 0.583. The Balaban J connectivity index is 2.35. The minimum atomic E-state index is -0.270. The lowest BCUT2D eigenvalue weighted by molar-refractivity contribution is -0.139. The van der Waals surface area contributed by atoms with E-state index >= 15 is 0 Å². The van der Waals surface area contributed by atoms with Gasteiger partial charge in [-0.1, -0.05) is 6.92 Å². The maximum Gasteiger partial charge on any atom is 0.232 e. The molecule has 1 saturated heterocycles. The molecule has 0 aromatic rings. The van der Waals surface area contributed by atoms with E-state index in [-0.39, 0.29) is 56.2 Å². The van der Waals surface area contributed by atoms with E-state index in [2.05, 4.69) is 5.32 Å². The molecule has 1 aliphatic heterocycles. The molecule has 0 spiro atoms. The van der Waals surface area contributed by atoms with Crippen molar-refractivity contribution in [3.63, 3.8) is 0 Å². The van der Waals surface area contributed by atoms with E-state index in [1.807, 2.05) is 0 Å². The van der Waals surface area contributed by atoms with Crippen LogP contribution in [0.4, 0.5) is 0 Å². The highest BCUT2D eigenvalue weighted by Gasteiger charge is 2.35. The molecule has 0 saturated carbocycles. The second-order valence-electron chi connectivity index (χ2n) is 3.81. The van der Waals surface area contributed by atoms with Crippen LogP contribution in [0.15, 0.2) is 0 Å². The van der Waals surface area contributed by atoms with Gasteiger partial charge in [0.25, 0.3) is 0 Å². The molecule has 1 heterocycles. The first-order valence-electron chi connectivity index (χ1n) is 5.28. The van der Waals surface area contributed by atoms with Gasteiger partial charge in [-0.2, -0.15) is 0 Å². The largest absolute Gasteiger partial charge is 0.395 e. The summed E-state index contributed by atoms with van der Waals surface area (Å²) >= 11 is 0. The Labute approximate surface area is 93.6 Å². The van der Waals surface area contributed by atoms with Gasteiger partial charge >= 0.3 is 0 Å². The first-order chi connectivity index (χ1) is 7.56. The molecule has 1 atom stereocenters. The maximum absolute atomic E-state index is 11.5. The number of carbonyl (C=O) groups is 3. The number of likely N-dealkylation sites (tertiary alicyclic amines) is 1. The lowest BCUT2D eigenvalue weighted by Gasteiger charge is -2.13. The molecule has 90 valence electrons. The maximum atomic E-state index is 11.5. The lowest BCUT2D eigenvalue weighted by atomic mass is 10.1. The molecule has 0 aromatic carbocycles. The first kappa shape index (κ1) is 12.6. The number of carbonyl (C=O) groups excluding carboxylic acids is 3. The summed E-state index contributed by atoms with van der Waals surface area (Å²) in [5.41, 5.74) is 0. The predicted molar refractivity (Wildman–Crippen MR) is 55.2 cm³/mol. The van der Waals surface area contributed by atoms with Crippen LogP contribution in [-0.4, -0.2) is 47.4 Å². The van der Waals surface area contributed by atoms with E-state index in [0.717, 1.165) is 4.90 Å². The van der Waals surface area contributed by atoms with E-state index < -0.39 is 0 Å². The van der Waals surface area contributed by atoms with Crippen molar-refractivity contribution >= 4 is 17.7 Å². The van der Waals surface area contributed by atoms with Crippen LogP contribution >= 0.6 is 0 Å². The standard InChI is InChI=1S/C10H16N2O4/c1-7-6-9(15)12(10(7)16)4-2-8(14)11-3-5-13/h7,13H,2-6H2,1H3,(H,11,14). The first-order valence-corrected chi connectivity index (χ1v) is 5.28. The molecule has 0 radical (unpaired) electrons. The number of hydrogen-bond donors (Lipinski definition) is 2. The van der Waals surface area contributed by atoms with E-state index in [0.29, 0.717) is 0 Å². The number of aliphatic hydroxyl groups is 1. The van der Waals surface area contributed by atoms with Crippen molar-refractivity contribution in [2.24, 2.45) is 5.92 Å². The van der Waals surface area contributed by atoms with Gasteiger partial charge in [0.05, 0.1) is 6.61 Å². The van der Waals surface area contributed by atoms with Gasteiger partial charge in [0.2, 0.25) is 17.7 Å². The zero-order chi connectivity index (χ0) is 12.1. The normalized spacial score (nSPS) is 20.4. The third kappa shape index (κ3) is 3.03. The summed E-state index contributed by atoms with van der Waals surface area (Å²) in [6.45, 7) is 1.90. The highest BCUT2D eigenvalue weighted by atomic mass is 16.3. The second kappa shape index (κ2) is 5.60. The van der Waals surface area contributed by atoms with Crippen LogP contribution in [-0.2, 0) is 14.4 Å². The molecule has 1 rings (SSSR count). The second-order valence-corrected chi connectivity index (χ2v) is 3.81. The Morgan fingerprint density at radius 2 is 2.25 bits per heavy atom. The van der Waals surface area contributed by atoms with E-state index in [4.69, 9.17) is 5.11 Å². The zero-order valence-electron chi connectivity index (χ0n) is 9.23. The van der Waals surface area contributed by atoms with Gasteiger partial charge in [-0.25, -0.2) is 0 Å². The average Bonchev–Trinajstić information content (AvgIpc) is 2.48. The summed E-state index contributed by atoms with van der Waals surface area (Å²) < 4.78 is 0. The van der Waals surface area contributed by atoms with Crippen molar-refractivity contribution in [3.8, 4) is 0 Å². The fraction of sp³-hybridized carbons (Fsp3) is 0.700. The Hall–Kier alpha value is -1.43. The number of amides is 3. The highest BCUT2D eigenvalue weighted by Crippen LogP contribution is 2.18. The third-order valence-corrected chi connectivity index (χ3v) is 2.47. The highest BCUT2D eigenvalue weighted by molar-refractivity contribution is 6.03. The minimum absolute atomic E-state index is 0.0875. The molecule has 3 amide bonds. The van der Waals surface area contributed by atoms with Gasteiger partial charge in [-0.15, -0.1) is 0 Å². The fourth-order valence-corrected chi connectivity index (χ4v) is 1.58. The van der Waals surface area contributed by atoms with Crippen LogP contribution in [0.2, 0.25) is 0 Å². The van der Waals surface area contributed by atoms with Crippen LogP contribution in [0.3, 0.4) is 0 Å². The number of aliphatic hydroxyl groups excluding tert-OH is 1. The van der Waals surface area contributed by atoms with Gasteiger partial charge in [-0.05, 0) is 0 Å². The van der Waals surface area contributed by atoms with Crippen LogP contribution in [0.25, 0.3) is 0 Å². The van der Waals surface area contributed by atoms with Gasteiger partial charge in [0.1, 0.15) is 0 Å². The molecule has 1 fully saturated rings. The van der Waals surface area contributed by atoms with Crippen molar-refractivity contribution in [1.29, 1.82) is 0 Å². The molecule has 0 bridgehead atoms. The van der Waals surface area contributed by atoms with Crippen molar-refractivity contribution in [2.45, 2.75) is 19.8 Å². The van der Waals surface area contributed by atoms with Gasteiger partial charge < -0.3 is 10.4 Å². The van der Waals surface area contributed by atoms with Crippen LogP contribution in [0.5, 0.6) is 0 Å². The summed E-state index contributed by atoms with van der Waals surface area (Å²) in [7, 11) is 0. The molecule has 16 heavy (non-hydrogen) atoms. The van der Waals surface area contributed by atoms with E-state index in [1.54, 1.807) is 6.92 Å². The molecule has 2 N–H and O–H groups in total. The summed E-state index contributed by atoms with van der Waals surface area (Å²) in [5, 5.41) is 10.9. The number of nitrogens with one attached hydrogen (secondary N) is 1.